The lowest BCUT2D eigenvalue weighted by Gasteiger charge is -2.18. The first-order chi connectivity index (χ1) is 9.76. The maximum Gasteiger partial charge on any atom is 0.328 e. The molecule has 0 aliphatic heterocycles. The van der Waals surface area contributed by atoms with Gasteiger partial charge in [0.2, 0.25) is 0 Å². The molecule has 1 aromatic rings. The number of hydrogen-bond acceptors (Lipinski definition) is 4. The highest BCUT2D eigenvalue weighted by Crippen LogP contribution is 2.18. The van der Waals surface area contributed by atoms with Gasteiger partial charge in [-0.15, -0.1) is 0 Å². The molecule has 21 heavy (non-hydrogen) atoms. The summed E-state index contributed by atoms with van der Waals surface area (Å²) in [6, 6.07) is 0.564. The average molecular weight is 300 g/mol. The predicted molar refractivity (Wildman–Crippen MR) is 73.5 cm³/mol. The maximum absolute atomic E-state index is 13.8. The van der Waals surface area contributed by atoms with E-state index in [0.29, 0.717) is 6.42 Å². The highest BCUT2D eigenvalue weighted by molar-refractivity contribution is 5.97. The van der Waals surface area contributed by atoms with Gasteiger partial charge in [-0.2, -0.15) is 0 Å². The van der Waals surface area contributed by atoms with Crippen molar-refractivity contribution in [3.8, 4) is 0 Å². The minimum Gasteiger partial charge on any atom is -0.467 e. The molecule has 0 aromatic heterocycles. The van der Waals surface area contributed by atoms with Crippen molar-refractivity contribution in [3.63, 3.8) is 0 Å². The highest BCUT2D eigenvalue weighted by atomic mass is 19.1. The Morgan fingerprint density at radius 2 is 1.95 bits per heavy atom. The largest absolute Gasteiger partial charge is 0.467 e. The summed E-state index contributed by atoms with van der Waals surface area (Å²) >= 11 is 0. The maximum atomic E-state index is 13.8. The predicted octanol–water partition coefficient (Wildman–Crippen LogP) is 1.86. The summed E-state index contributed by atoms with van der Waals surface area (Å²) < 4.78 is 31.6. The fourth-order valence-electron chi connectivity index (χ4n) is 1.84. The number of nitrogen functional groups attached to an aromatic ring is 1. The molecular weight excluding hydrogens is 282 g/mol. The molecule has 1 rings (SSSR count). The highest BCUT2D eigenvalue weighted by Gasteiger charge is 2.25. The average Bonchev–Trinajstić information content (AvgIpc) is 2.40. The van der Waals surface area contributed by atoms with Crippen molar-refractivity contribution in [1.29, 1.82) is 0 Å². The van der Waals surface area contributed by atoms with Crippen molar-refractivity contribution in [3.05, 3.63) is 29.3 Å². The van der Waals surface area contributed by atoms with Crippen molar-refractivity contribution in [1.82, 2.24) is 5.32 Å². The van der Waals surface area contributed by atoms with Gasteiger partial charge in [0.15, 0.2) is 5.82 Å². The van der Waals surface area contributed by atoms with Crippen molar-refractivity contribution >= 4 is 17.6 Å². The third-order valence-electron chi connectivity index (χ3n) is 2.81. The molecule has 1 atom stereocenters. The molecule has 0 saturated carbocycles. The Morgan fingerprint density at radius 1 is 1.33 bits per heavy atom. The van der Waals surface area contributed by atoms with Gasteiger partial charge >= 0.3 is 5.97 Å². The lowest BCUT2D eigenvalue weighted by Crippen LogP contribution is -2.42. The molecule has 0 radical (unpaired) electrons. The molecule has 1 aromatic carbocycles. The molecule has 1 unspecified atom stereocenters. The van der Waals surface area contributed by atoms with E-state index in [0.717, 1.165) is 12.1 Å². The summed E-state index contributed by atoms with van der Waals surface area (Å²) in [6.07, 6.45) is 0.310. The number of benzene rings is 1. The van der Waals surface area contributed by atoms with Crippen LogP contribution >= 0.6 is 0 Å². The van der Waals surface area contributed by atoms with Crippen LogP contribution in [0.4, 0.5) is 14.5 Å². The van der Waals surface area contributed by atoms with Gasteiger partial charge in [-0.25, -0.2) is 13.6 Å². The van der Waals surface area contributed by atoms with E-state index in [2.05, 4.69) is 10.1 Å². The van der Waals surface area contributed by atoms with Crippen LogP contribution in [0.3, 0.4) is 0 Å². The topological polar surface area (TPSA) is 81.4 Å². The van der Waals surface area contributed by atoms with Crippen LogP contribution < -0.4 is 11.1 Å². The van der Waals surface area contributed by atoms with E-state index in [1.165, 1.54) is 7.11 Å². The van der Waals surface area contributed by atoms with Crippen molar-refractivity contribution in [2.45, 2.75) is 26.3 Å². The molecule has 7 heteroatoms. The van der Waals surface area contributed by atoms with Crippen LogP contribution in [0.1, 0.15) is 30.6 Å². The Balaban J connectivity index is 2.99. The van der Waals surface area contributed by atoms with Gasteiger partial charge in [-0.3, -0.25) is 4.79 Å². The molecule has 1 amide bonds. The number of halogens is 2. The van der Waals surface area contributed by atoms with Crippen LogP contribution in [-0.4, -0.2) is 25.0 Å². The number of hydrogen-bond donors (Lipinski definition) is 2. The number of carbonyl (C=O) groups excluding carboxylic acids is 2. The number of esters is 1. The lowest BCUT2D eigenvalue weighted by atomic mass is 10.0. The molecule has 3 N–H and O–H groups in total. The van der Waals surface area contributed by atoms with E-state index in [9.17, 15) is 18.4 Å². The van der Waals surface area contributed by atoms with E-state index in [1.807, 2.05) is 13.8 Å². The van der Waals surface area contributed by atoms with Gasteiger partial charge in [0, 0.05) is 0 Å². The number of carbonyl (C=O) groups is 2. The molecule has 0 heterocycles. The van der Waals surface area contributed by atoms with Crippen LogP contribution in [0.25, 0.3) is 0 Å². The zero-order valence-electron chi connectivity index (χ0n) is 12.1. The Hall–Kier alpha value is -2.18. The summed E-state index contributed by atoms with van der Waals surface area (Å²) in [5.41, 5.74) is 4.25. The van der Waals surface area contributed by atoms with Crippen LogP contribution in [0.15, 0.2) is 12.1 Å². The van der Waals surface area contributed by atoms with Gasteiger partial charge < -0.3 is 15.8 Å². The zero-order valence-corrected chi connectivity index (χ0v) is 12.1. The molecule has 0 aliphatic carbocycles. The minimum atomic E-state index is -1.03. The molecule has 0 fully saturated rings. The summed E-state index contributed by atoms with van der Waals surface area (Å²) in [4.78, 5) is 23.6. The van der Waals surface area contributed by atoms with Gasteiger partial charge in [0.25, 0.3) is 5.91 Å². The number of rotatable bonds is 5. The van der Waals surface area contributed by atoms with Crippen molar-refractivity contribution in [2.75, 3.05) is 12.8 Å². The van der Waals surface area contributed by atoms with Gasteiger partial charge in [0.05, 0.1) is 18.4 Å². The molecule has 116 valence electrons. The number of nitrogens with one attached hydrogen (secondary N) is 1. The molecule has 5 nitrogen and oxygen atoms in total. The summed E-state index contributed by atoms with van der Waals surface area (Å²) in [5, 5.41) is 2.33. The van der Waals surface area contributed by atoms with Gasteiger partial charge in [0.1, 0.15) is 11.9 Å². The molecule has 0 bridgehead atoms. The van der Waals surface area contributed by atoms with E-state index < -0.39 is 40.8 Å². The normalized spacial score (nSPS) is 12.1. The summed E-state index contributed by atoms with van der Waals surface area (Å²) in [5.74, 6) is -3.34. The van der Waals surface area contributed by atoms with Crippen molar-refractivity contribution < 1.29 is 23.1 Å². The molecule has 0 spiro atoms. The number of anilines is 1. The fraction of sp³-hybridized carbons (Fsp3) is 0.429. The second-order valence-corrected chi connectivity index (χ2v) is 5.04. The number of amides is 1. The lowest BCUT2D eigenvalue weighted by molar-refractivity contribution is -0.143. The van der Waals surface area contributed by atoms with Gasteiger partial charge in [-0.1, -0.05) is 13.8 Å². The third kappa shape index (κ3) is 4.40. The number of methoxy groups -OCH3 is 1. The first-order valence-corrected chi connectivity index (χ1v) is 6.39. The smallest absolute Gasteiger partial charge is 0.328 e. The second-order valence-electron chi connectivity index (χ2n) is 5.04. The standard InChI is InChI=1S/C14H18F2N2O3/c1-7(2)4-11(14(20)21-3)18-13(19)9-5-8(15)6-10(17)12(9)16/h5-7,11H,4,17H2,1-3H3,(H,18,19). The van der Waals surface area contributed by atoms with E-state index in [-0.39, 0.29) is 5.92 Å². The van der Waals surface area contributed by atoms with Crippen molar-refractivity contribution in [2.24, 2.45) is 5.92 Å². The Bertz CT molecular complexity index is 547. The minimum absolute atomic E-state index is 0.0943. The monoisotopic (exact) mass is 300 g/mol. The van der Waals surface area contributed by atoms with Crippen LogP contribution in [0.5, 0.6) is 0 Å². The summed E-state index contributed by atoms with van der Waals surface area (Å²) in [6.45, 7) is 3.70. The summed E-state index contributed by atoms with van der Waals surface area (Å²) in [7, 11) is 1.18. The first-order valence-electron chi connectivity index (χ1n) is 6.39. The zero-order chi connectivity index (χ0) is 16.2. The molecule has 0 saturated heterocycles. The Labute approximate surface area is 121 Å². The number of nitrogens with two attached hydrogens (primary N) is 1. The second kappa shape index (κ2) is 7.01. The molecular formula is C14H18F2N2O3. The molecule has 0 aliphatic rings. The van der Waals surface area contributed by atoms with Crippen LogP contribution in [0, 0.1) is 17.6 Å². The first kappa shape index (κ1) is 16.9. The van der Waals surface area contributed by atoms with E-state index in [4.69, 9.17) is 5.73 Å². The van der Waals surface area contributed by atoms with E-state index in [1.54, 1.807) is 0 Å². The quantitative estimate of drug-likeness (QED) is 0.642. The van der Waals surface area contributed by atoms with E-state index >= 15 is 0 Å². The van der Waals surface area contributed by atoms with Gasteiger partial charge in [-0.05, 0) is 24.5 Å². The Morgan fingerprint density at radius 3 is 2.48 bits per heavy atom. The third-order valence-corrected chi connectivity index (χ3v) is 2.81. The Kier molecular flexibility index (Phi) is 5.63. The van der Waals surface area contributed by atoms with Crippen LogP contribution in [0.2, 0.25) is 0 Å². The van der Waals surface area contributed by atoms with Crippen LogP contribution in [-0.2, 0) is 9.53 Å². The fourth-order valence-corrected chi connectivity index (χ4v) is 1.84. The number of ether oxygens (including phenoxy) is 1. The SMILES string of the molecule is COC(=O)C(CC(C)C)NC(=O)c1cc(F)cc(N)c1F.